The SMILES string of the molecule is O=P([O-])([O-])Oc1ccc2c(c1-c1c(OP(=O)(O)O)ccc3c1CCCC3)CCCC2. The Balaban J connectivity index is 2.03. The number of phosphoric acid groups is 2. The molecule has 0 aromatic heterocycles. The number of hydrogen-bond donors (Lipinski definition) is 2. The zero-order chi connectivity index (χ0) is 21.5. The molecule has 162 valence electrons. The van der Waals surface area contributed by atoms with Gasteiger partial charge in [-0.05, 0) is 85.8 Å². The van der Waals surface area contributed by atoms with Crippen LogP contribution in [0, 0.1) is 0 Å². The van der Waals surface area contributed by atoms with Crippen molar-refractivity contribution in [1.82, 2.24) is 0 Å². The fourth-order valence-electron chi connectivity index (χ4n) is 4.56. The van der Waals surface area contributed by atoms with Crippen LogP contribution in [0.3, 0.4) is 0 Å². The van der Waals surface area contributed by atoms with Crippen LogP contribution in [-0.2, 0) is 34.8 Å². The molecule has 0 spiro atoms. The van der Waals surface area contributed by atoms with Crippen molar-refractivity contribution in [3.8, 4) is 22.6 Å². The highest BCUT2D eigenvalue weighted by atomic mass is 31.2. The van der Waals surface area contributed by atoms with Crippen LogP contribution in [0.5, 0.6) is 11.5 Å². The molecule has 0 amide bonds. The smallest absolute Gasteiger partial charge is 0.524 e. The molecular formula is C20H22O8P2-2. The maximum absolute atomic E-state index is 11.7. The van der Waals surface area contributed by atoms with Crippen molar-refractivity contribution >= 4 is 15.6 Å². The van der Waals surface area contributed by atoms with E-state index in [1.54, 1.807) is 12.1 Å². The Kier molecular flexibility index (Phi) is 5.84. The Hall–Kier alpha value is -1.66. The van der Waals surface area contributed by atoms with Crippen LogP contribution in [0.1, 0.15) is 47.9 Å². The first-order chi connectivity index (χ1) is 14.1. The second kappa shape index (κ2) is 8.12. The molecule has 0 saturated carbocycles. The topological polar surface area (TPSA) is 139 Å². The van der Waals surface area contributed by atoms with Crippen molar-refractivity contribution in [1.29, 1.82) is 0 Å². The average molecular weight is 452 g/mol. The molecule has 2 N–H and O–H groups in total. The van der Waals surface area contributed by atoms with E-state index in [0.29, 0.717) is 24.0 Å². The molecule has 0 fully saturated rings. The molecule has 0 saturated heterocycles. The van der Waals surface area contributed by atoms with Gasteiger partial charge in [-0.2, -0.15) is 0 Å². The van der Waals surface area contributed by atoms with Crippen LogP contribution in [-0.4, -0.2) is 9.79 Å². The van der Waals surface area contributed by atoms with Gasteiger partial charge < -0.3 is 23.4 Å². The van der Waals surface area contributed by atoms with E-state index < -0.39 is 15.6 Å². The van der Waals surface area contributed by atoms with Gasteiger partial charge in [-0.15, -0.1) is 0 Å². The van der Waals surface area contributed by atoms with E-state index in [1.807, 2.05) is 0 Å². The zero-order valence-corrected chi connectivity index (χ0v) is 18.0. The summed E-state index contributed by atoms with van der Waals surface area (Å²) in [5.41, 5.74) is 4.51. The fourth-order valence-corrected chi connectivity index (χ4v) is 5.36. The molecule has 0 atom stereocenters. The predicted molar refractivity (Wildman–Crippen MR) is 106 cm³/mol. The molecule has 0 aliphatic heterocycles. The minimum absolute atomic E-state index is 0.0422. The summed E-state index contributed by atoms with van der Waals surface area (Å²) >= 11 is 0. The van der Waals surface area contributed by atoms with Gasteiger partial charge in [0.2, 0.25) is 0 Å². The summed E-state index contributed by atoms with van der Waals surface area (Å²) in [6, 6.07) is 6.48. The van der Waals surface area contributed by atoms with E-state index in [9.17, 15) is 28.7 Å². The van der Waals surface area contributed by atoms with Crippen molar-refractivity contribution in [3.63, 3.8) is 0 Å². The van der Waals surface area contributed by atoms with Crippen LogP contribution in [0.15, 0.2) is 24.3 Å². The first-order valence-electron chi connectivity index (χ1n) is 9.89. The van der Waals surface area contributed by atoms with Crippen molar-refractivity contribution in [3.05, 3.63) is 46.5 Å². The molecule has 0 bridgehead atoms. The van der Waals surface area contributed by atoms with Gasteiger partial charge >= 0.3 is 7.82 Å². The van der Waals surface area contributed by atoms with Gasteiger partial charge in [-0.25, -0.2) is 4.57 Å². The van der Waals surface area contributed by atoms with Gasteiger partial charge in [0.1, 0.15) is 19.3 Å². The first kappa shape index (κ1) is 21.6. The summed E-state index contributed by atoms with van der Waals surface area (Å²) in [6.07, 6.45) is 6.60. The van der Waals surface area contributed by atoms with Crippen LogP contribution >= 0.6 is 15.6 Å². The second-order valence-corrected chi connectivity index (χ2v) is 9.93. The lowest BCUT2D eigenvalue weighted by molar-refractivity contribution is -0.333. The second-order valence-electron chi connectivity index (χ2n) is 7.69. The number of aryl methyl sites for hydroxylation is 2. The van der Waals surface area contributed by atoms with Crippen LogP contribution in [0.25, 0.3) is 11.1 Å². The number of rotatable bonds is 5. The Morgan fingerprint density at radius 1 is 0.700 bits per heavy atom. The standard InChI is InChI=1S/C20H24O8P2/c21-29(22,23)27-17-11-9-13-5-1-3-7-15(13)19(17)20-16-8-4-2-6-14(16)10-12-18(20)28-30(24,25)26/h9-12H,1-8H2,(H2,21,22,23)(H2,24,25,26)/p-2. The largest absolute Gasteiger partial charge is 0.780 e. The Morgan fingerprint density at radius 3 is 1.57 bits per heavy atom. The van der Waals surface area contributed by atoms with Crippen molar-refractivity contribution in [2.75, 3.05) is 0 Å². The van der Waals surface area contributed by atoms with Crippen LogP contribution in [0.4, 0.5) is 0 Å². The molecular weight excluding hydrogens is 430 g/mol. The number of fused-ring (bicyclic) bond motifs is 2. The molecule has 10 heteroatoms. The third-order valence-electron chi connectivity index (χ3n) is 5.67. The molecule has 0 heterocycles. The Morgan fingerprint density at radius 2 is 1.13 bits per heavy atom. The van der Waals surface area contributed by atoms with Gasteiger partial charge in [0.15, 0.2) is 0 Å². The summed E-state index contributed by atoms with van der Waals surface area (Å²) < 4.78 is 32.9. The fraction of sp³-hybridized carbons (Fsp3) is 0.400. The molecule has 8 nitrogen and oxygen atoms in total. The van der Waals surface area contributed by atoms with Gasteiger partial charge in [0, 0.05) is 11.1 Å². The normalized spacial score (nSPS) is 16.5. The zero-order valence-electron chi connectivity index (χ0n) is 16.2. The maximum Gasteiger partial charge on any atom is 0.524 e. The Labute approximate surface area is 174 Å². The van der Waals surface area contributed by atoms with Crippen molar-refractivity contribution in [2.45, 2.75) is 51.4 Å². The molecule has 2 aromatic rings. The van der Waals surface area contributed by atoms with E-state index in [-0.39, 0.29) is 11.5 Å². The van der Waals surface area contributed by atoms with E-state index in [1.165, 1.54) is 12.1 Å². The van der Waals surface area contributed by atoms with E-state index in [0.717, 1.165) is 60.8 Å². The minimum atomic E-state index is -5.35. The highest BCUT2D eigenvalue weighted by molar-refractivity contribution is 7.46. The van der Waals surface area contributed by atoms with Gasteiger partial charge in [-0.1, -0.05) is 12.1 Å². The first-order valence-corrected chi connectivity index (χ1v) is 12.9. The summed E-state index contributed by atoms with van der Waals surface area (Å²) in [7, 11) is -10.2. The molecule has 30 heavy (non-hydrogen) atoms. The van der Waals surface area contributed by atoms with Gasteiger partial charge in [0.25, 0.3) is 0 Å². The lowest BCUT2D eigenvalue weighted by atomic mass is 9.80. The summed E-state index contributed by atoms with van der Waals surface area (Å²) in [5, 5.41) is 0. The third-order valence-corrected chi connectivity index (χ3v) is 6.52. The lowest BCUT2D eigenvalue weighted by Gasteiger charge is -2.33. The lowest BCUT2D eigenvalue weighted by Crippen LogP contribution is -2.19. The van der Waals surface area contributed by atoms with E-state index in [2.05, 4.69) is 0 Å². The Bertz CT molecular complexity index is 983. The molecule has 2 aliphatic carbocycles. The number of hydrogen-bond acceptors (Lipinski definition) is 6. The average Bonchev–Trinajstić information content (AvgIpc) is 2.66. The molecule has 0 radical (unpaired) electrons. The van der Waals surface area contributed by atoms with Gasteiger partial charge in [0.05, 0.1) is 0 Å². The predicted octanol–water partition coefficient (Wildman–Crippen LogP) is 2.79. The van der Waals surface area contributed by atoms with Crippen LogP contribution < -0.4 is 18.8 Å². The summed E-state index contributed by atoms with van der Waals surface area (Å²) in [4.78, 5) is 41.8. The summed E-state index contributed by atoms with van der Waals surface area (Å²) in [5.74, 6) is -0.169. The number of phosphoric ester groups is 2. The third kappa shape index (κ3) is 4.65. The molecule has 0 unspecified atom stereocenters. The molecule has 4 rings (SSSR count). The van der Waals surface area contributed by atoms with E-state index in [4.69, 9.17) is 9.05 Å². The maximum atomic E-state index is 11.7. The van der Waals surface area contributed by atoms with Crippen molar-refractivity contribution < 1.29 is 37.8 Å². The van der Waals surface area contributed by atoms with Crippen molar-refractivity contribution in [2.24, 2.45) is 0 Å². The summed E-state index contributed by atoms with van der Waals surface area (Å²) in [6.45, 7) is 0. The van der Waals surface area contributed by atoms with E-state index >= 15 is 0 Å². The minimum Gasteiger partial charge on any atom is -0.780 e. The van der Waals surface area contributed by atoms with Crippen LogP contribution in [0.2, 0.25) is 0 Å². The quantitative estimate of drug-likeness (QED) is 0.661. The molecule has 2 aromatic carbocycles. The number of benzene rings is 2. The monoisotopic (exact) mass is 452 g/mol. The van der Waals surface area contributed by atoms with Gasteiger partial charge in [-0.3, -0.25) is 9.79 Å². The highest BCUT2D eigenvalue weighted by Crippen LogP contribution is 2.51. The molecule has 2 aliphatic rings. The highest BCUT2D eigenvalue weighted by Gasteiger charge is 2.29.